The lowest BCUT2D eigenvalue weighted by Crippen LogP contribution is -2.25. The van der Waals surface area contributed by atoms with Crippen molar-refractivity contribution in [2.75, 3.05) is 13.2 Å². The number of hydrogen-bond donors (Lipinski definition) is 3. The Balaban J connectivity index is 1.93. The first-order valence-electron chi connectivity index (χ1n) is 7.20. The number of aliphatic hydroxyl groups is 1. The molecule has 5 heteroatoms. The predicted octanol–water partition coefficient (Wildman–Crippen LogP) is 2.22. The van der Waals surface area contributed by atoms with Gasteiger partial charge >= 0.3 is 0 Å². The quantitative estimate of drug-likeness (QED) is 0.683. The van der Waals surface area contributed by atoms with E-state index in [-0.39, 0.29) is 18.4 Å². The molecule has 0 radical (unpaired) electrons. The maximum absolute atomic E-state index is 12.2. The molecular formula is C16H21N3O2. The van der Waals surface area contributed by atoms with Crippen molar-refractivity contribution in [1.29, 1.82) is 0 Å². The highest BCUT2D eigenvalue weighted by Crippen LogP contribution is 2.20. The first-order chi connectivity index (χ1) is 10.2. The van der Waals surface area contributed by atoms with E-state index in [9.17, 15) is 4.79 Å². The molecule has 1 atom stereocenters. The highest BCUT2D eigenvalue weighted by molar-refractivity contribution is 5.99. The third kappa shape index (κ3) is 4.16. The average Bonchev–Trinajstić information content (AvgIpc) is 3.01. The first kappa shape index (κ1) is 15.3. The van der Waals surface area contributed by atoms with E-state index in [1.807, 2.05) is 37.3 Å². The summed E-state index contributed by atoms with van der Waals surface area (Å²) >= 11 is 0. The lowest BCUT2D eigenvalue weighted by atomic mass is 10.1. The number of amides is 1. The van der Waals surface area contributed by atoms with Gasteiger partial charge in [0.25, 0.3) is 5.91 Å². The van der Waals surface area contributed by atoms with E-state index in [1.165, 1.54) is 0 Å². The van der Waals surface area contributed by atoms with Gasteiger partial charge in [0.1, 0.15) is 0 Å². The van der Waals surface area contributed by atoms with Crippen molar-refractivity contribution < 1.29 is 9.90 Å². The fourth-order valence-corrected chi connectivity index (χ4v) is 2.12. The topological polar surface area (TPSA) is 78.0 Å². The number of aliphatic hydroxyl groups excluding tert-OH is 1. The SMILES string of the molecule is CC(CO)CCCNC(=O)c1cn[nH]c1-c1ccccc1. The Labute approximate surface area is 124 Å². The third-order valence-corrected chi connectivity index (χ3v) is 3.42. The van der Waals surface area contributed by atoms with Gasteiger partial charge in [0, 0.05) is 18.7 Å². The Kier molecular flexibility index (Phi) is 5.51. The summed E-state index contributed by atoms with van der Waals surface area (Å²) in [5.41, 5.74) is 2.22. The second kappa shape index (κ2) is 7.59. The second-order valence-corrected chi connectivity index (χ2v) is 5.21. The van der Waals surface area contributed by atoms with Crippen LogP contribution in [0.5, 0.6) is 0 Å². The molecule has 0 aliphatic rings. The predicted molar refractivity (Wildman–Crippen MR) is 81.8 cm³/mol. The van der Waals surface area contributed by atoms with Gasteiger partial charge in [-0.05, 0) is 18.8 Å². The highest BCUT2D eigenvalue weighted by atomic mass is 16.3. The van der Waals surface area contributed by atoms with Crippen LogP contribution in [-0.4, -0.2) is 34.4 Å². The zero-order chi connectivity index (χ0) is 15.1. The van der Waals surface area contributed by atoms with E-state index in [2.05, 4.69) is 15.5 Å². The Hall–Kier alpha value is -2.14. The third-order valence-electron chi connectivity index (χ3n) is 3.42. The molecule has 0 aliphatic heterocycles. The Morgan fingerprint density at radius 2 is 2.14 bits per heavy atom. The summed E-state index contributed by atoms with van der Waals surface area (Å²) in [4.78, 5) is 12.2. The van der Waals surface area contributed by atoms with E-state index in [0.717, 1.165) is 24.1 Å². The second-order valence-electron chi connectivity index (χ2n) is 5.21. The number of hydrogen-bond acceptors (Lipinski definition) is 3. The molecular weight excluding hydrogens is 266 g/mol. The van der Waals surface area contributed by atoms with Crippen molar-refractivity contribution in [3.63, 3.8) is 0 Å². The molecule has 1 aromatic carbocycles. The maximum atomic E-state index is 12.2. The van der Waals surface area contributed by atoms with Gasteiger partial charge in [0.2, 0.25) is 0 Å². The minimum absolute atomic E-state index is 0.126. The van der Waals surface area contributed by atoms with Crippen LogP contribution in [0.4, 0.5) is 0 Å². The molecule has 2 rings (SSSR count). The van der Waals surface area contributed by atoms with Gasteiger partial charge in [-0.1, -0.05) is 37.3 Å². The van der Waals surface area contributed by atoms with E-state index in [0.29, 0.717) is 12.1 Å². The van der Waals surface area contributed by atoms with Gasteiger partial charge < -0.3 is 10.4 Å². The fourth-order valence-electron chi connectivity index (χ4n) is 2.12. The Morgan fingerprint density at radius 3 is 2.86 bits per heavy atom. The van der Waals surface area contributed by atoms with Gasteiger partial charge in [-0.3, -0.25) is 9.89 Å². The van der Waals surface area contributed by atoms with E-state index in [4.69, 9.17) is 5.11 Å². The standard InChI is InChI=1S/C16H21N3O2/c1-12(11-20)6-5-9-17-16(21)14-10-18-19-15(14)13-7-3-2-4-8-13/h2-4,7-8,10,12,20H,5-6,9,11H2,1H3,(H,17,21)(H,18,19). The van der Waals surface area contributed by atoms with Crippen molar-refractivity contribution in [1.82, 2.24) is 15.5 Å². The number of carbonyl (C=O) groups excluding carboxylic acids is 1. The van der Waals surface area contributed by atoms with Gasteiger partial charge in [0.15, 0.2) is 0 Å². The fraction of sp³-hybridized carbons (Fsp3) is 0.375. The lowest BCUT2D eigenvalue weighted by Gasteiger charge is -2.08. The number of aromatic nitrogens is 2. The molecule has 5 nitrogen and oxygen atoms in total. The molecule has 2 aromatic rings. The van der Waals surface area contributed by atoms with Crippen molar-refractivity contribution >= 4 is 5.91 Å². The van der Waals surface area contributed by atoms with Crippen LogP contribution in [0.3, 0.4) is 0 Å². The first-order valence-corrected chi connectivity index (χ1v) is 7.20. The summed E-state index contributed by atoms with van der Waals surface area (Å²) in [5, 5.41) is 18.7. The Bertz CT molecular complexity index is 566. The average molecular weight is 287 g/mol. The number of H-pyrrole nitrogens is 1. The van der Waals surface area contributed by atoms with Crippen molar-refractivity contribution in [2.45, 2.75) is 19.8 Å². The van der Waals surface area contributed by atoms with Gasteiger partial charge in [-0.2, -0.15) is 5.10 Å². The number of carbonyl (C=O) groups is 1. The number of benzene rings is 1. The molecule has 0 saturated carbocycles. The van der Waals surface area contributed by atoms with Crippen LogP contribution in [0, 0.1) is 5.92 Å². The zero-order valence-corrected chi connectivity index (χ0v) is 12.2. The summed E-state index contributed by atoms with van der Waals surface area (Å²) < 4.78 is 0. The molecule has 1 unspecified atom stereocenters. The molecule has 112 valence electrons. The summed E-state index contributed by atoms with van der Waals surface area (Å²) in [7, 11) is 0. The molecule has 0 fully saturated rings. The van der Waals surface area contributed by atoms with Crippen LogP contribution >= 0.6 is 0 Å². The molecule has 1 aromatic heterocycles. The van der Waals surface area contributed by atoms with Crippen molar-refractivity contribution in [3.05, 3.63) is 42.1 Å². The largest absolute Gasteiger partial charge is 0.396 e. The lowest BCUT2D eigenvalue weighted by molar-refractivity contribution is 0.0953. The molecule has 1 amide bonds. The van der Waals surface area contributed by atoms with Gasteiger partial charge in [-0.25, -0.2) is 0 Å². The summed E-state index contributed by atoms with van der Waals surface area (Å²) in [6.45, 7) is 2.78. The summed E-state index contributed by atoms with van der Waals surface area (Å²) in [6, 6.07) is 9.66. The van der Waals surface area contributed by atoms with Crippen LogP contribution in [0.25, 0.3) is 11.3 Å². The van der Waals surface area contributed by atoms with Crippen molar-refractivity contribution in [2.24, 2.45) is 5.92 Å². The molecule has 0 aliphatic carbocycles. The van der Waals surface area contributed by atoms with Crippen LogP contribution in [0.2, 0.25) is 0 Å². The number of nitrogens with one attached hydrogen (secondary N) is 2. The smallest absolute Gasteiger partial charge is 0.255 e. The van der Waals surface area contributed by atoms with E-state index in [1.54, 1.807) is 6.20 Å². The van der Waals surface area contributed by atoms with Crippen LogP contribution < -0.4 is 5.32 Å². The zero-order valence-electron chi connectivity index (χ0n) is 12.2. The molecule has 0 bridgehead atoms. The molecule has 3 N–H and O–H groups in total. The molecule has 0 spiro atoms. The Morgan fingerprint density at radius 1 is 1.38 bits per heavy atom. The maximum Gasteiger partial charge on any atom is 0.255 e. The molecule has 0 saturated heterocycles. The normalized spacial score (nSPS) is 12.1. The van der Waals surface area contributed by atoms with E-state index < -0.39 is 0 Å². The van der Waals surface area contributed by atoms with Crippen LogP contribution in [0.1, 0.15) is 30.1 Å². The number of rotatable bonds is 7. The van der Waals surface area contributed by atoms with Crippen LogP contribution in [0.15, 0.2) is 36.5 Å². The van der Waals surface area contributed by atoms with Gasteiger partial charge in [0.05, 0.1) is 17.5 Å². The highest BCUT2D eigenvalue weighted by Gasteiger charge is 2.14. The monoisotopic (exact) mass is 287 g/mol. The minimum atomic E-state index is -0.126. The number of aromatic amines is 1. The van der Waals surface area contributed by atoms with E-state index >= 15 is 0 Å². The molecule has 21 heavy (non-hydrogen) atoms. The summed E-state index contributed by atoms with van der Waals surface area (Å²) in [5.74, 6) is 0.148. The summed E-state index contributed by atoms with van der Waals surface area (Å²) in [6.07, 6.45) is 3.30. The van der Waals surface area contributed by atoms with Crippen molar-refractivity contribution in [3.8, 4) is 11.3 Å². The van der Waals surface area contributed by atoms with Gasteiger partial charge in [-0.15, -0.1) is 0 Å². The number of nitrogens with zero attached hydrogens (tertiary/aromatic N) is 1. The molecule has 1 heterocycles. The minimum Gasteiger partial charge on any atom is -0.396 e. The van der Waals surface area contributed by atoms with Crippen LogP contribution in [-0.2, 0) is 0 Å².